The number of hydrogen-bond donors (Lipinski definition) is 2. The fourth-order valence-corrected chi connectivity index (χ4v) is 4.36. The van der Waals surface area contributed by atoms with Gasteiger partial charge in [0.2, 0.25) is 5.95 Å². The summed E-state index contributed by atoms with van der Waals surface area (Å²) in [6.45, 7) is 0. The molecule has 0 spiro atoms. The summed E-state index contributed by atoms with van der Waals surface area (Å²) in [5.74, 6) is 1.01. The zero-order valence-corrected chi connectivity index (χ0v) is 17.1. The van der Waals surface area contributed by atoms with Crippen LogP contribution in [0.15, 0.2) is 48.5 Å². The van der Waals surface area contributed by atoms with E-state index in [1.165, 1.54) is 31.4 Å². The molecule has 2 N–H and O–H groups in total. The van der Waals surface area contributed by atoms with Crippen molar-refractivity contribution in [2.75, 3.05) is 5.32 Å². The van der Waals surface area contributed by atoms with Gasteiger partial charge in [0.25, 0.3) is 0 Å². The number of halogens is 2. The minimum Gasteiger partial charge on any atom is -0.307 e. The summed E-state index contributed by atoms with van der Waals surface area (Å²) in [4.78, 5) is 9.51. The van der Waals surface area contributed by atoms with Crippen molar-refractivity contribution in [2.24, 2.45) is 0 Å². The number of aromatic nitrogens is 4. The lowest BCUT2D eigenvalue weighted by Crippen LogP contribution is -2.09. The van der Waals surface area contributed by atoms with E-state index in [0.717, 1.165) is 35.3 Å². The van der Waals surface area contributed by atoms with Gasteiger partial charge in [0.15, 0.2) is 5.82 Å². The van der Waals surface area contributed by atoms with Gasteiger partial charge in [-0.1, -0.05) is 49.1 Å². The fraction of sp³-hybridized carbons (Fsp3) is 0.261. The number of aromatic amines is 1. The molecule has 1 aliphatic rings. The van der Waals surface area contributed by atoms with Crippen LogP contribution in [0.2, 0.25) is 5.02 Å². The molecule has 5 nitrogen and oxygen atoms in total. The lowest BCUT2D eigenvalue weighted by molar-refractivity contribution is 0.436. The second-order valence-corrected chi connectivity index (χ2v) is 8.11. The maximum absolute atomic E-state index is 13.8. The molecular weight excluding hydrogens is 401 g/mol. The largest absolute Gasteiger partial charge is 0.307 e. The van der Waals surface area contributed by atoms with Gasteiger partial charge in [0.05, 0.1) is 11.2 Å². The summed E-state index contributed by atoms with van der Waals surface area (Å²) >= 11 is 6.45. The molecule has 30 heavy (non-hydrogen) atoms. The van der Waals surface area contributed by atoms with E-state index in [4.69, 9.17) is 21.6 Å². The first-order chi connectivity index (χ1) is 14.7. The first kappa shape index (κ1) is 19.0. The number of nitrogens with one attached hydrogen (secondary N) is 2. The third-order valence-corrected chi connectivity index (χ3v) is 6.00. The Morgan fingerprint density at radius 3 is 2.67 bits per heavy atom. The van der Waals surface area contributed by atoms with Crippen molar-refractivity contribution in [3.05, 3.63) is 65.1 Å². The Morgan fingerprint density at radius 1 is 1.00 bits per heavy atom. The molecule has 0 saturated heterocycles. The quantitative estimate of drug-likeness (QED) is 0.389. The Morgan fingerprint density at radius 2 is 1.83 bits per heavy atom. The Bertz CT molecular complexity index is 1200. The van der Waals surface area contributed by atoms with Crippen molar-refractivity contribution in [1.29, 1.82) is 0 Å². The van der Waals surface area contributed by atoms with Crippen LogP contribution in [0.4, 0.5) is 16.2 Å². The van der Waals surface area contributed by atoms with E-state index in [0.29, 0.717) is 28.1 Å². The molecule has 2 heterocycles. The molecule has 0 radical (unpaired) electrons. The zero-order valence-electron chi connectivity index (χ0n) is 16.3. The zero-order chi connectivity index (χ0) is 20.5. The molecule has 0 aliphatic heterocycles. The van der Waals surface area contributed by atoms with Gasteiger partial charge in [-0.15, -0.1) is 0 Å². The minimum atomic E-state index is -0.319. The molecule has 0 amide bonds. The molecule has 0 unspecified atom stereocenters. The van der Waals surface area contributed by atoms with Gasteiger partial charge in [0.1, 0.15) is 5.82 Å². The second-order valence-electron chi connectivity index (χ2n) is 7.70. The molecule has 1 aliphatic carbocycles. The second kappa shape index (κ2) is 8.03. The molecular formula is C23H21ClFN5. The predicted octanol–water partition coefficient (Wildman–Crippen LogP) is 6.60. The topological polar surface area (TPSA) is 66.5 Å². The standard InChI is InChI=1S/C23H21ClFN5/c24-18-9-5-4-8-16(18)21-13-20(14-6-2-1-3-7-14)26-23(27-21)28-22-17-12-15(25)10-11-19(17)29-30-22/h4-5,8-14H,1-3,6-7H2,(H2,26,27,28,29,30). The van der Waals surface area contributed by atoms with Crippen LogP contribution in [0, 0.1) is 5.82 Å². The van der Waals surface area contributed by atoms with Crippen LogP contribution in [0.5, 0.6) is 0 Å². The van der Waals surface area contributed by atoms with Crippen LogP contribution in [0.25, 0.3) is 22.2 Å². The van der Waals surface area contributed by atoms with Gasteiger partial charge in [-0.05, 0) is 43.2 Å². The number of anilines is 2. The number of rotatable bonds is 4. The number of benzene rings is 2. The molecule has 0 atom stereocenters. The van der Waals surface area contributed by atoms with E-state index in [-0.39, 0.29) is 5.82 Å². The van der Waals surface area contributed by atoms with E-state index in [9.17, 15) is 4.39 Å². The summed E-state index contributed by atoms with van der Waals surface area (Å²) in [7, 11) is 0. The van der Waals surface area contributed by atoms with Crippen LogP contribution in [-0.2, 0) is 0 Å². The third-order valence-electron chi connectivity index (χ3n) is 5.67. The normalized spacial score (nSPS) is 14.9. The van der Waals surface area contributed by atoms with Crippen LogP contribution in [0.3, 0.4) is 0 Å². The molecule has 2 aromatic heterocycles. The number of fused-ring (bicyclic) bond motifs is 1. The van der Waals surface area contributed by atoms with Crippen LogP contribution in [0.1, 0.15) is 43.7 Å². The highest BCUT2D eigenvalue weighted by molar-refractivity contribution is 6.33. The van der Waals surface area contributed by atoms with Gasteiger partial charge in [0, 0.05) is 27.6 Å². The Balaban J connectivity index is 1.58. The van der Waals surface area contributed by atoms with Gasteiger partial charge in [-0.2, -0.15) is 5.10 Å². The highest BCUT2D eigenvalue weighted by atomic mass is 35.5. The predicted molar refractivity (Wildman–Crippen MR) is 118 cm³/mol. The first-order valence-corrected chi connectivity index (χ1v) is 10.6. The third kappa shape index (κ3) is 3.75. The van der Waals surface area contributed by atoms with Crippen molar-refractivity contribution in [3.8, 4) is 11.3 Å². The highest BCUT2D eigenvalue weighted by Gasteiger charge is 2.20. The molecule has 1 fully saturated rings. The van der Waals surface area contributed by atoms with Crippen molar-refractivity contribution >= 4 is 34.3 Å². The SMILES string of the molecule is Fc1ccc2[nH]nc(Nc3nc(-c4ccccc4Cl)cc(C4CCCCC4)n3)c2c1. The van der Waals surface area contributed by atoms with Crippen molar-refractivity contribution in [3.63, 3.8) is 0 Å². The first-order valence-electron chi connectivity index (χ1n) is 10.2. The van der Waals surface area contributed by atoms with E-state index in [1.54, 1.807) is 6.07 Å². The molecule has 152 valence electrons. The summed E-state index contributed by atoms with van der Waals surface area (Å²) in [6, 6.07) is 14.2. The summed E-state index contributed by atoms with van der Waals surface area (Å²) in [6.07, 6.45) is 5.93. The summed E-state index contributed by atoms with van der Waals surface area (Å²) in [5, 5.41) is 11.7. The fourth-order valence-electron chi connectivity index (χ4n) is 4.12. The van der Waals surface area contributed by atoms with Crippen LogP contribution >= 0.6 is 11.6 Å². The maximum Gasteiger partial charge on any atom is 0.229 e. The lowest BCUT2D eigenvalue weighted by atomic mass is 9.86. The van der Waals surface area contributed by atoms with E-state index in [2.05, 4.69) is 15.5 Å². The molecule has 5 rings (SSSR count). The van der Waals surface area contributed by atoms with Gasteiger partial charge < -0.3 is 5.32 Å². The van der Waals surface area contributed by atoms with Crippen molar-refractivity contribution < 1.29 is 4.39 Å². The smallest absolute Gasteiger partial charge is 0.229 e. The Hall–Kier alpha value is -2.99. The van der Waals surface area contributed by atoms with Crippen LogP contribution in [-0.4, -0.2) is 20.2 Å². The number of nitrogens with zero attached hydrogens (tertiary/aromatic N) is 3. The van der Waals surface area contributed by atoms with E-state index in [1.807, 2.05) is 30.3 Å². The molecule has 2 aromatic carbocycles. The number of hydrogen-bond acceptors (Lipinski definition) is 4. The van der Waals surface area contributed by atoms with Gasteiger partial charge in [-0.3, -0.25) is 5.10 Å². The molecule has 0 bridgehead atoms. The number of H-pyrrole nitrogens is 1. The van der Waals surface area contributed by atoms with Gasteiger partial charge in [-0.25, -0.2) is 14.4 Å². The minimum absolute atomic E-state index is 0.319. The molecule has 7 heteroatoms. The Kier molecular flexibility index (Phi) is 5.09. The maximum atomic E-state index is 13.8. The van der Waals surface area contributed by atoms with E-state index >= 15 is 0 Å². The highest BCUT2D eigenvalue weighted by Crippen LogP contribution is 2.35. The average molecular weight is 422 g/mol. The van der Waals surface area contributed by atoms with Gasteiger partial charge >= 0.3 is 0 Å². The van der Waals surface area contributed by atoms with E-state index < -0.39 is 0 Å². The average Bonchev–Trinajstić information content (AvgIpc) is 3.16. The van der Waals surface area contributed by atoms with Crippen molar-refractivity contribution in [2.45, 2.75) is 38.0 Å². The summed E-state index contributed by atoms with van der Waals surface area (Å²) < 4.78 is 13.8. The van der Waals surface area contributed by atoms with Crippen LogP contribution < -0.4 is 5.32 Å². The monoisotopic (exact) mass is 421 g/mol. The summed E-state index contributed by atoms with van der Waals surface area (Å²) in [5.41, 5.74) is 3.38. The Labute approximate surface area is 178 Å². The molecule has 4 aromatic rings. The van der Waals surface area contributed by atoms with Crippen molar-refractivity contribution in [1.82, 2.24) is 20.2 Å². The molecule has 1 saturated carbocycles. The lowest BCUT2D eigenvalue weighted by Gasteiger charge is -2.22.